The third-order valence-corrected chi connectivity index (χ3v) is 4.83. The smallest absolute Gasteiger partial charge is 0.287 e. The number of furan rings is 1. The van der Waals surface area contributed by atoms with E-state index in [2.05, 4.69) is 15.3 Å². The number of hydrogen-bond acceptors (Lipinski definition) is 6. The Balaban J connectivity index is 1.83. The molecule has 0 saturated carbocycles. The zero-order valence-corrected chi connectivity index (χ0v) is 15.6. The lowest BCUT2D eigenvalue weighted by molar-refractivity contribution is 0.0903. The number of nitrogens with one attached hydrogen (secondary N) is 1. The minimum atomic E-state index is -0.214. The largest absolute Gasteiger partial charge is 0.451 e. The monoisotopic (exact) mass is 371 g/mol. The maximum Gasteiger partial charge on any atom is 0.287 e. The first kappa shape index (κ1) is 18.4. The number of methoxy groups -OCH3 is 1. The normalized spacial score (nSPS) is 12.2. The molecular weight excluding hydrogens is 350 g/mol. The Morgan fingerprint density at radius 3 is 2.81 bits per heavy atom. The molecule has 0 aliphatic carbocycles. The van der Waals surface area contributed by atoms with E-state index < -0.39 is 0 Å². The summed E-state index contributed by atoms with van der Waals surface area (Å²) in [4.78, 5) is 21.2. The van der Waals surface area contributed by atoms with Crippen LogP contribution < -0.4 is 5.32 Å². The molecule has 0 saturated heterocycles. The van der Waals surface area contributed by atoms with Crippen LogP contribution >= 0.6 is 11.8 Å². The summed E-state index contributed by atoms with van der Waals surface area (Å²) in [5, 5.41) is 4.58. The van der Waals surface area contributed by atoms with Gasteiger partial charge in [-0.05, 0) is 25.5 Å². The van der Waals surface area contributed by atoms with E-state index in [-0.39, 0.29) is 11.9 Å². The third-order valence-electron chi connectivity index (χ3n) is 3.92. The predicted octanol–water partition coefficient (Wildman–Crippen LogP) is 3.67. The lowest BCUT2D eigenvalue weighted by Crippen LogP contribution is -2.33. The van der Waals surface area contributed by atoms with Crippen LogP contribution in [-0.4, -0.2) is 35.6 Å². The van der Waals surface area contributed by atoms with Crippen LogP contribution in [-0.2, 0) is 10.5 Å². The molecule has 6 nitrogen and oxygen atoms in total. The summed E-state index contributed by atoms with van der Waals surface area (Å²) in [5.41, 5.74) is 1.56. The van der Waals surface area contributed by atoms with Gasteiger partial charge in [0.15, 0.2) is 10.9 Å². The van der Waals surface area contributed by atoms with Gasteiger partial charge in [0.2, 0.25) is 0 Å². The Labute approximate surface area is 156 Å². The molecule has 7 heteroatoms. The first-order valence-corrected chi connectivity index (χ1v) is 9.37. The van der Waals surface area contributed by atoms with Crippen LogP contribution in [0, 0.1) is 0 Å². The van der Waals surface area contributed by atoms with Crippen molar-refractivity contribution in [2.75, 3.05) is 13.7 Å². The molecule has 136 valence electrons. The molecule has 0 bridgehead atoms. The fourth-order valence-electron chi connectivity index (χ4n) is 2.58. The van der Waals surface area contributed by atoms with Gasteiger partial charge in [0.25, 0.3) is 5.91 Å². The van der Waals surface area contributed by atoms with Gasteiger partial charge in [-0.2, -0.15) is 0 Å². The average molecular weight is 371 g/mol. The number of carbonyl (C=O) groups excluding carboxylic acids is 1. The van der Waals surface area contributed by atoms with Crippen LogP contribution in [0.2, 0.25) is 0 Å². The molecule has 0 aliphatic heterocycles. The number of amides is 1. The molecule has 1 atom stereocenters. The van der Waals surface area contributed by atoms with E-state index in [0.29, 0.717) is 28.9 Å². The highest BCUT2D eigenvalue weighted by Crippen LogP contribution is 2.31. The van der Waals surface area contributed by atoms with Gasteiger partial charge in [0.05, 0.1) is 0 Å². The number of ether oxygens (including phenoxy) is 1. The first-order valence-electron chi connectivity index (χ1n) is 8.39. The molecule has 1 aromatic carbocycles. The minimum absolute atomic E-state index is 0.00591. The van der Waals surface area contributed by atoms with E-state index in [4.69, 9.17) is 9.15 Å². The molecule has 3 rings (SSSR count). The van der Waals surface area contributed by atoms with Crippen LogP contribution in [0.3, 0.4) is 0 Å². The second-order valence-corrected chi connectivity index (χ2v) is 6.82. The van der Waals surface area contributed by atoms with E-state index in [9.17, 15) is 4.79 Å². The Morgan fingerprint density at radius 2 is 2.04 bits per heavy atom. The number of thioether (sulfide) groups is 1. The maximum absolute atomic E-state index is 12.7. The average Bonchev–Trinajstić information content (AvgIpc) is 3.04. The lowest BCUT2D eigenvalue weighted by Gasteiger charge is -2.12. The van der Waals surface area contributed by atoms with Crippen LogP contribution in [0.1, 0.15) is 29.5 Å². The Hall–Kier alpha value is -2.38. The quantitative estimate of drug-likeness (QED) is 0.481. The van der Waals surface area contributed by atoms with Gasteiger partial charge in [0.1, 0.15) is 5.58 Å². The van der Waals surface area contributed by atoms with Crippen molar-refractivity contribution in [1.29, 1.82) is 0 Å². The van der Waals surface area contributed by atoms with Gasteiger partial charge in [-0.3, -0.25) is 4.79 Å². The number of fused-ring (bicyclic) bond motifs is 1. The van der Waals surface area contributed by atoms with Crippen molar-refractivity contribution in [2.45, 2.75) is 30.3 Å². The minimum Gasteiger partial charge on any atom is -0.451 e. The molecule has 1 unspecified atom stereocenters. The fourth-order valence-corrected chi connectivity index (χ4v) is 3.41. The van der Waals surface area contributed by atoms with Crippen molar-refractivity contribution >= 4 is 28.6 Å². The lowest BCUT2D eigenvalue weighted by atomic mass is 10.1. The SMILES string of the molecule is COCCC(C)NC(=O)c1oc2ccccc2c1CSc1ncccn1. The van der Waals surface area contributed by atoms with E-state index in [0.717, 1.165) is 17.4 Å². The number of nitrogens with zero attached hydrogens (tertiary/aromatic N) is 2. The van der Waals surface area contributed by atoms with Crippen LogP contribution in [0.5, 0.6) is 0 Å². The molecule has 26 heavy (non-hydrogen) atoms. The number of aromatic nitrogens is 2. The molecule has 0 radical (unpaired) electrons. The summed E-state index contributed by atoms with van der Waals surface area (Å²) in [7, 11) is 1.65. The zero-order chi connectivity index (χ0) is 18.4. The van der Waals surface area contributed by atoms with E-state index in [1.165, 1.54) is 11.8 Å². The van der Waals surface area contributed by atoms with Crippen molar-refractivity contribution in [3.63, 3.8) is 0 Å². The second-order valence-electron chi connectivity index (χ2n) is 5.88. The van der Waals surface area contributed by atoms with Gasteiger partial charge in [0, 0.05) is 48.9 Å². The number of hydrogen-bond donors (Lipinski definition) is 1. The molecule has 0 aliphatic rings. The molecule has 1 N–H and O–H groups in total. The molecule has 2 aromatic heterocycles. The molecule has 1 amide bonds. The number of para-hydroxylation sites is 1. The Kier molecular flexibility index (Phi) is 6.25. The molecule has 3 aromatic rings. The second kappa shape index (κ2) is 8.82. The van der Waals surface area contributed by atoms with E-state index in [1.807, 2.05) is 31.2 Å². The fraction of sp³-hybridized carbons (Fsp3) is 0.316. The van der Waals surface area contributed by atoms with Gasteiger partial charge in [-0.25, -0.2) is 9.97 Å². The zero-order valence-electron chi connectivity index (χ0n) is 14.8. The number of rotatable bonds is 8. The van der Waals surface area contributed by atoms with Crippen molar-refractivity contribution < 1.29 is 13.9 Å². The van der Waals surface area contributed by atoms with Gasteiger partial charge in [-0.15, -0.1) is 0 Å². The van der Waals surface area contributed by atoms with Crippen molar-refractivity contribution in [3.05, 3.63) is 54.0 Å². The van der Waals surface area contributed by atoms with Crippen molar-refractivity contribution in [1.82, 2.24) is 15.3 Å². The molecule has 0 spiro atoms. The summed E-state index contributed by atoms with van der Waals surface area (Å²) in [6.07, 6.45) is 4.15. The highest BCUT2D eigenvalue weighted by Gasteiger charge is 2.22. The predicted molar refractivity (Wildman–Crippen MR) is 101 cm³/mol. The summed E-state index contributed by atoms with van der Waals surface area (Å²) < 4.78 is 10.9. The highest BCUT2D eigenvalue weighted by molar-refractivity contribution is 7.98. The Morgan fingerprint density at radius 1 is 1.27 bits per heavy atom. The standard InChI is InChI=1S/C19H21N3O3S/c1-13(8-11-24-2)22-18(23)17-15(12-26-19-20-9-5-10-21-19)14-6-3-4-7-16(14)25-17/h3-7,9-10,13H,8,11-12H2,1-2H3,(H,22,23). The first-order chi connectivity index (χ1) is 12.7. The van der Waals surface area contributed by atoms with Crippen LogP contribution in [0.25, 0.3) is 11.0 Å². The van der Waals surface area contributed by atoms with Crippen LogP contribution in [0.4, 0.5) is 0 Å². The molecule has 2 heterocycles. The topological polar surface area (TPSA) is 77.2 Å². The van der Waals surface area contributed by atoms with Gasteiger partial charge in [-0.1, -0.05) is 30.0 Å². The summed E-state index contributed by atoms with van der Waals surface area (Å²) in [6, 6.07) is 9.44. The van der Waals surface area contributed by atoms with Gasteiger partial charge < -0.3 is 14.5 Å². The van der Waals surface area contributed by atoms with E-state index >= 15 is 0 Å². The summed E-state index contributed by atoms with van der Waals surface area (Å²) in [6.45, 7) is 2.54. The van der Waals surface area contributed by atoms with Crippen molar-refractivity contribution in [3.8, 4) is 0 Å². The number of benzene rings is 1. The maximum atomic E-state index is 12.7. The number of carbonyl (C=O) groups is 1. The van der Waals surface area contributed by atoms with Gasteiger partial charge >= 0.3 is 0 Å². The van der Waals surface area contributed by atoms with E-state index in [1.54, 1.807) is 25.6 Å². The third kappa shape index (κ3) is 4.42. The molecular formula is C19H21N3O3S. The van der Waals surface area contributed by atoms with Crippen LogP contribution in [0.15, 0.2) is 52.3 Å². The van der Waals surface area contributed by atoms with Crippen molar-refractivity contribution in [2.24, 2.45) is 0 Å². The molecule has 0 fully saturated rings. The Bertz CT molecular complexity index is 867. The summed E-state index contributed by atoms with van der Waals surface area (Å²) in [5.74, 6) is 0.684. The summed E-state index contributed by atoms with van der Waals surface area (Å²) >= 11 is 1.48. The highest BCUT2D eigenvalue weighted by atomic mass is 32.2.